The van der Waals surface area contributed by atoms with Crippen LogP contribution >= 0.6 is 0 Å². The largest absolute Gasteiger partial charge is 0.463 e. The Kier molecular flexibility index (Phi) is 6.84. The van der Waals surface area contributed by atoms with Crippen LogP contribution < -0.4 is 5.32 Å². The van der Waals surface area contributed by atoms with Crippen LogP contribution in [0, 0.1) is 0 Å². The van der Waals surface area contributed by atoms with Crippen molar-refractivity contribution in [3.63, 3.8) is 0 Å². The minimum atomic E-state index is -4.75. The van der Waals surface area contributed by atoms with Crippen molar-refractivity contribution in [2.45, 2.75) is 32.9 Å². The lowest BCUT2D eigenvalue weighted by molar-refractivity contribution is -0.142. The Labute approximate surface area is 165 Å². The number of halogens is 3. The van der Waals surface area contributed by atoms with Crippen LogP contribution in [-0.4, -0.2) is 31.4 Å². The summed E-state index contributed by atoms with van der Waals surface area (Å²) < 4.78 is 51.0. The number of carbonyl (C=O) groups excluding carboxylic acids is 3. The van der Waals surface area contributed by atoms with Crippen LogP contribution in [0.15, 0.2) is 46.8 Å². The lowest BCUT2D eigenvalue weighted by Crippen LogP contribution is -2.34. The Bertz CT molecular complexity index is 886. The molecule has 1 N–H and O–H groups in total. The number of hydrogen-bond donors (Lipinski definition) is 1. The van der Waals surface area contributed by atoms with Crippen molar-refractivity contribution in [1.29, 1.82) is 0 Å². The highest BCUT2D eigenvalue weighted by Gasteiger charge is 2.43. The van der Waals surface area contributed by atoms with Gasteiger partial charge in [0.2, 0.25) is 0 Å². The second kappa shape index (κ2) is 8.93. The molecule has 1 aliphatic heterocycles. The number of alkyl halides is 3. The molecule has 1 aromatic carbocycles. The molecule has 156 valence electrons. The maximum Gasteiger partial charge on any atom is 0.416 e. The van der Waals surface area contributed by atoms with Crippen molar-refractivity contribution in [1.82, 2.24) is 5.32 Å². The van der Waals surface area contributed by atoms with Gasteiger partial charge < -0.3 is 14.8 Å². The van der Waals surface area contributed by atoms with E-state index in [9.17, 15) is 27.6 Å². The minimum absolute atomic E-state index is 0.0256. The average Bonchev–Trinajstić information content (AvgIpc) is 2.66. The van der Waals surface area contributed by atoms with E-state index in [1.807, 2.05) is 0 Å². The predicted molar refractivity (Wildman–Crippen MR) is 96.4 cm³/mol. The molecular weight excluding hydrogens is 391 g/mol. The van der Waals surface area contributed by atoms with E-state index in [1.165, 1.54) is 26.0 Å². The van der Waals surface area contributed by atoms with E-state index in [0.29, 0.717) is 6.29 Å². The van der Waals surface area contributed by atoms with Gasteiger partial charge in [-0.1, -0.05) is 18.2 Å². The number of nitrogens with one attached hydrogen (secondary N) is 1. The molecule has 2 rings (SSSR count). The smallest absolute Gasteiger partial charge is 0.416 e. The van der Waals surface area contributed by atoms with Gasteiger partial charge in [0, 0.05) is 5.70 Å². The molecule has 0 saturated heterocycles. The normalized spacial score (nSPS) is 17.0. The third-order valence-corrected chi connectivity index (χ3v) is 4.28. The molecule has 0 aliphatic carbocycles. The first kappa shape index (κ1) is 22.2. The van der Waals surface area contributed by atoms with Gasteiger partial charge in [-0.25, -0.2) is 9.59 Å². The van der Waals surface area contributed by atoms with Gasteiger partial charge in [0.1, 0.15) is 0 Å². The van der Waals surface area contributed by atoms with Crippen LogP contribution in [0.3, 0.4) is 0 Å². The summed E-state index contributed by atoms with van der Waals surface area (Å²) in [6.07, 6.45) is -4.45. The molecule has 0 saturated carbocycles. The number of rotatable bonds is 6. The highest BCUT2D eigenvalue weighted by atomic mass is 19.4. The number of aldehydes is 1. The summed E-state index contributed by atoms with van der Waals surface area (Å²) in [7, 11) is 0. The maximum atomic E-state index is 13.7. The lowest BCUT2D eigenvalue weighted by Gasteiger charge is -2.31. The molecule has 0 fully saturated rings. The fraction of sp³-hybridized carbons (Fsp3) is 0.350. The van der Waals surface area contributed by atoms with Crippen molar-refractivity contribution in [2.24, 2.45) is 0 Å². The molecule has 6 nitrogen and oxygen atoms in total. The second-order valence-corrected chi connectivity index (χ2v) is 6.07. The summed E-state index contributed by atoms with van der Waals surface area (Å²) in [6, 6.07) is 4.56. The fourth-order valence-corrected chi connectivity index (χ4v) is 3.18. The molecule has 1 aromatic rings. The second-order valence-electron chi connectivity index (χ2n) is 6.07. The van der Waals surface area contributed by atoms with E-state index >= 15 is 0 Å². The van der Waals surface area contributed by atoms with Gasteiger partial charge in [-0.15, -0.1) is 0 Å². The van der Waals surface area contributed by atoms with E-state index in [4.69, 9.17) is 9.47 Å². The summed E-state index contributed by atoms with van der Waals surface area (Å²) in [5.74, 6) is -3.39. The van der Waals surface area contributed by atoms with Gasteiger partial charge in [-0.05, 0) is 32.4 Å². The number of hydrogen-bond acceptors (Lipinski definition) is 6. The van der Waals surface area contributed by atoms with Crippen molar-refractivity contribution >= 4 is 18.2 Å². The van der Waals surface area contributed by atoms with Gasteiger partial charge in [-0.2, -0.15) is 13.2 Å². The molecular formula is C20H20F3NO5. The third-order valence-electron chi connectivity index (χ3n) is 4.28. The first-order chi connectivity index (χ1) is 13.7. The highest BCUT2D eigenvalue weighted by molar-refractivity contribution is 6.03. The lowest BCUT2D eigenvalue weighted by atomic mass is 9.78. The zero-order chi connectivity index (χ0) is 21.8. The van der Waals surface area contributed by atoms with Crippen LogP contribution in [0.25, 0.3) is 0 Å². The summed E-state index contributed by atoms with van der Waals surface area (Å²) >= 11 is 0. The highest BCUT2D eigenvalue weighted by Crippen LogP contribution is 2.44. The van der Waals surface area contributed by atoms with Crippen LogP contribution in [-0.2, 0) is 30.0 Å². The zero-order valence-corrected chi connectivity index (χ0v) is 16.1. The molecule has 1 aliphatic rings. The Morgan fingerprint density at radius 3 is 2.14 bits per heavy atom. The van der Waals surface area contributed by atoms with E-state index in [2.05, 4.69) is 5.32 Å². The third kappa shape index (κ3) is 4.49. The summed E-state index contributed by atoms with van der Waals surface area (Å²) in [5, 5.41) is 2.61. The molecule has 1 atom stereocenters. The van der Waals surface area contributed by atoms with E-state index in [1.54, 1.807) is 6.92 Å². The Morgan fingerprint density at radius 1 is 1.07 bits per heavy atom. The van der Waals surface area contributed by atoms with Gasteiger partial charge in [0.05, 0.1) is 41.5 Å². The summed E-state index contributed by atoms with van der Waals surface area (Å²) in [5.41, 5.74) is -2.12. The summed E-state index contributed by atoms with van der Waals surface area (Å²) in [6.45, 7) is 4.38. The first-order valence-electron chi connectivity index (χ1n) is 8.84. The first-order valence-corrected chi connectivity index (χ1v) is 8.84. The average molecular weight is 411 g/mol. The quantitative estimate of drug-likeness (QED) is 0.572. The molecule has 0 aromatic heterocycles. The molecule has 0 amide bonds. The molecule has 1 heterocycles. The molecule has 0 radical (unpaired) electrons. The Balaban J connectivity index is 2.84. The van der Waals surface area contributed by atoms with Crippen molar-refractivity contribution in [2.75, 3.05) is 13.2 Å². The van der Waals surface area contributed by atoms with E-state index in [-0.39, 0.29) is 41.3 Å². The monoisotopic (exact) mass is 411 g/mol. The number of benzene rings is 1. The Hall–Kier alpha value is -3.10. The zero-order valence-electron chi connectivity index (χ0n) is 16.1. The number of dihydropyridines is 1. The standard InChI is InChI=1S/C20H20F3NO5/c1-4-28-18(26)15-11(3)24-14(10-25)17(19(27)29-5-2)16(15)12-8-6-7-9-13(12)20(21,22)23/h6-10,16,24H,4-5H2,1-3H3. The van der Waals surface area contributed by atoms with E-state index in [0.717, 1.165) is 12.1 Å². The van der Waals surface area contributed by atoms with Crippen molar-refractivity contribution in [3.05, 3.63) is 57.9 Å². The topological polar surface area (TPSA) is 81.7 Å². The maximum absolute atomic E-state index is 13.7. The van der Waals surface area contributed by atoms with Crippen LogP contribution in [0.1, 0.15) is 37.8 Å². The number of carbonyl (C=O) groups is 3. The van der Waals surface area contributed by atoms with Crippen molar-refractivity contribution in [3.8, 4) is 0 Å². The minimum Gasteiger partial charge on any atom is -0.463 e. The van der Waals surface area contributed by atoms with Gasteiger partial charge in [-0.3, -0.25) is 4.79 Å². The summed E-state index contributed by atoms with van der Waals surface area (Å²) in [4.78, 5) is 36.8. The van der Waals surface area contributed by atoms with Crippen molar-refractivity contribution < 1.29 is 37.0 Å². The van der Waals surface area contributed by atoms with Gasteiger partial charge in [0.15, 0.2) is 6.29 Å². The SMILES string of the molecule is CCOC(=O)C1=C(C)NC(C=O)=C(C(=O)OCC)C1c1ccccc1C(F)(F)F. The van der Waals surface area contributed by atoms with Gasteiger partial charge in [0.25, 0.3) is 0 Å². The fourth-order valence-electron chi connectivity index (χ4n) is 3.18. The van der Waals surface area contributed by atoms with Crippen LogP contribution in [0.4, 0.5) is 13.2 Å². The van der Waals surface area contributed by atoms with Gasteiger partial charge >= 0.3 is 18.1 Å². The number of ether oxygens (including phenoxy) is 2. The van der Waals surface area contributed by atoms with Crippen LogP contribution in [0.5, 0.6) is 0 Å². The number of esters is 2. The molecule has 9 heteroatoms. The molecule has 1 unspecified atom stereocenters. The predicted octanol–water partition coefficient (Wildman–Crippen LogP) is 3.25. The molecule has 29 heavy (non-hydrogen) atoms. The number of allylic oxidation sites excluding steroid dienone is 2. The van der Waals surface area contributed by atoms with E-state index < -0.39 is 29.6 Å². The Morgan fingerprint density at radius 2 is 1.62 bits per heavy atom. The molecule has 0 spiro atoms. The van der Waals surface area contributed by atoms with Crippen LogP contribution in [0.2, 0.25) is 0 Å². The molecule has 0 bridgehead atoms.